The molecule has 2 rings (SSSR count). The van der Waals surface area contributed by atoms with E-state index in [0.29, 0.717) is 12.6 Å². The van der Waals surface area contributed by atoms with E-state index in [2.05, 4.69) is 53.3 Å². The first-order valence-electron chi connectivity index (χ1n) is 4.79. The molecule has 0 N–H and O–H groups in total. The Kier molecular flexibility index (Phi) is 2.39. The number of aliphatic imine (C=N–C) groups is 1. The first-order valence-corrected chi connectivity index (χ1v) is 4.79. The molecular formula is C11H13N3. The molecule has 14 heavy (non-hydrogen) atoms. The Bertz CT molecular complexity index is 374. The van der Waals surface area contributed by atoms with Crippen molar-refractivity contribution in [2.75, 3.05) is 6.67 Å². The zero-order chi connectivity index (χ0) is 9.97. The van der Waals surface area contributed by atoms with Crippen LogP contribution in [0.5, 0.6) is 0 Å². The highest BCUT2D eigenvalue weighted by atomic mass is 15.2. The smallest absolute Gasteiger partial charge is 0.178 e. The lowest BCUT2D eigenvalue weighted by Crippen LogP contribution is -1.95. The van der Waals surface area contributed by atoms with Gasteiger partial charge in [0, 0.05) is 5.56 Å². The molecule has 0 saturated heterocycles. The van der Waals surface area contributed by atoms with Crippen LogP contribution < -0.4 is 0 Å². The van der Waals surface area contributed by atoms with Crippen molar-refractivity contribution in [2.45, 2.75) is 19.8 Å². The maximum Gasteiger partial charge on any atom is 0.178 e. The molecule has 0 fully saturated rings. The van der Waals surface area contributed by atoms with E-state index in [1.54, 1.807) is 0 Å². The van der Waals surface area contributed by atoms with Crippen LogP contribution in [0.4, 0.5) is 0 Å². The van der Waals surface area contributed by atoms with Crippen molar-refractivity contribution in [1.29, 1.82) is 0 Å². The molecule has 0 unspecified atom stereocenters. The van der Waals surface area contributed by atoms with E-state index in [1.807, 2.05) is 0 Å². The van der Waals surface area contributed by atoms with Gasteiger partial charge >= 0.3 is 0 Å². The van der Waals surface area contributed by atoms with E-state index in [1.165, 1.54) is 5.56 Å². The van der Waals surface area contributed by atoms with Crippen molar-refractivity contribution in [2.24, 2.45) is 15.2 Å². The molecule has 0 bridgehead atoms. The lowest BCUT2D eigenvalue weighted by Gasteiger charge is -2.05. The maximum absolute atomic E-state index is 4.16. The average molecular weight is 187 g/mol. The first-order chi connectivity index (χ1) is 6.77. The van der Waals surface area contributed by atoms with Crippen LogP contribution in [0.25, 0.3) is 0 Å². The van der Waals surface area contributed by atoms with Gasteiger partial charge in [0.25, 0.3) is 0 Å². The normalized spacial score (nSPS) is 14.9. The molecule has 72 valence electrons. The van der Waals surface area contributed by atoms with Gasteiger partial charge < -0.3 is 0 Å². The first kappa shape index (κ1) is 9.06. The number of hydrogen-bond donors (Lipinski definition) is 0. The zero-order valence-electron chi connectivity index (χ0n) is 8.44. The van der Waals surface area contributed by atoms with E-state index < -0.39 is 0 Å². The monoisotopic (exact) mass is 187 g/mol. The molecule has 0 radical (unpaired) electrons. The third-order valence-corrected chi connectivity index (χ3v) is 2.28. The molecule has 0 spiro atoms. The molecule has 0 aromatic heterocycles. The van der Waals surface area contributed by atoms with E-state index in [4.69, 9.17) is 0 Å². The van der Waals surface area contributed by atoms with Gasteiger partial charge in [-0.15, -0.1) is 5.11 Å². The number of amidine groups is 1. The topological polar surface area (TPSA) is 37.1 Å². The minimum Gasteiger partial charge on any atom is -0.239 e. The molecule has 0 amide bonds. The molecule has 0 saturated carbocycles. The molecule has 1 aliphatic heterocycles. The summed E-state index contributed by atoms with van der Waals surface area (Å²) < 4.78 is 0. The molecule has 0 atom stereocenters. The van der Waals surface area contributed by atoms with Crippen molar-refractivity contribution >= 4 is 5.84 Å². The summed E-state index contributed by atoms with van der Waals surface area (Å²) in [5, 5.41) is 7.78. The highest BCUT2D eigenvalue weighted by Gasteiger charge is 2.06. The molecule has 3 heteroatoms. The van der Waals surface area contributed by atoms with Crippen molar-refractivity contribution in [3.63, 3.8) is 0 Å². The van der Waals surface area contributed by atoms with Gasteiger partial charge in [0.05, 0.1) is 0 Å². The molecule has 0 aliphatic carbocycles. The van der Waals surface area contributed by atoms with Crippen LogP contribution in [0.3, 0.4) is 0 Å². The summed E-state index contributed by atoms with van der Waals surface area (Å²) in [6.07, 6.45) is 0. The summed E-state index contributed by atoms with van der Waals surface area (Å²) in [5.41, 5.74) is 2.39. The SMILES string of the molecule is CC(C)c1ccc(C2=NCN=N2)cc1. The Balaban J connectivity index is 2.26. The summed E-state index contributed by atoms with van der Waals surface area (Å²) in [7, 11) is 0. The van der Waals surface area contributed by atoms with Crippen LogP contribution in [-0.2, 0) is 0 Å². The van der Waals surface area contributed by atoms with Gasteiger partial charge in [-0.2, -0.15) is 5.11 Å². The fourth-order valence-corrected chi connectivity index (χ4v) is 1.39. The summed E-state index contributed by atoms with van der Waals surface area (Å²) in [5.74, 6) is 1.32. The van der Waals surface area contributed by atoms with Crippen LogP contribution in [0, 0.1) is 0 Å². The van der Waals surface area contributed by atoms with Crippen LogP contribution in [-0.4, -0.2) is 12.5 Å². The van der Waals surface area contributed by atoms with Crippen molar-refractivity contribution in [3.8, 4) is 0 Å². The highest BCUT2D eigenvalue weighted by molar-refractivity contribution is 5.99. The molecule has 1 aliphatic rings. The van der Waals surface area contributed by atoms with E-state index in [-0.39, 0.29) is 0 Å². The van der Waals surface area contributed by atoms with Gasteiger partial charge in [-0.25, -0.2) is 4.99 Å². The Morgan fingerprint density at radius 2 is 1.86 bits per heavy atom. The van der Waals surface area contributed by atoms with Crippen molar-refractivity contribution < 1.29 is 0 Å². The van der Waals surface area contributed by atoms with Gasteiger partial charge in [-0.05, 0) is 11.5 Å². The lowest BCUT2D eigenvalue weighted by atomic mass is 10.0. The quantitative estimate of drug-likeness (QED) is 0.682. The standard InChI is InChI=1S/C11H13N3/c1-8(2)9-3-5-10(6-4-9)11-12-7-13-14-11/h3-6,8H,7H2,1-2H3. The molecular weight excluding hydrogens is 174 g/mol. The zero-order valence-corrected chi connectivity index (χ0v) is 8.44. The number of azo groups is 1. The summed E-state index contributed by atoms with van der Waals surface area (Å²) in [6.45, 7) is 4.84. The highest BCUT2D eigenvalue weighted by Crippen LogP contribution is 2.16. The Morgan fingerprint density at radius 3 is 2.36 bits per heavy atom. The lowest BCUT2D eigenvalue weighted by molar-refractivity contribution is 0.866. The average Bonchev–Trinajstić information content (AvgIpc) is 2.71. The Morgan fingerprint density at radius 1 is 1.14 bits per heavy atom. The summed E-state index contributed by atoms with van der Waals surface area (Å²) >= 11 is 0. The molecule has 1 aromatic rings. The van der Waals surface area contributed by atoms with Gasteiger partial charge in [0.2, 0.25) is 0 Å². The van der Waals surface area contributed by atoms with E-state index in [0.717, 1.165) is 11.4 Å². The van der Waals surface area contributed by atoms with E-state index in [9.17, 15) is 0 Å². The maximum atomic E-state index is 4.16. The van der Waals surface area contributed by atoms with Crippen LogP contribution >= 0.6 is 0 Å². The molecule has 1 heterocycles. The largest absolute Gasteiger partial charge is 0.239 e. The summed E-state index contributed by atoms with van der Waals surface area (Å²) in [6, 6.07) is 8.35. The van der Waals surface area contributed by atoms with Gasteiger partial charge in [0.15, 0.2) is 12.5 Å². The summed E-state index contributed by atoms with van der Waals surface area (Å²) in [4.78, 5) is 4.16. The second-order valence-electron chi connectivity index (χ2n) is 3.64. The van der Waals surface area contributed by atoms with Crippen molar-refractivity contribution in [3.05, 3.63) is 35.4 Å². The third-order valence-electron chi connectivity index (χ3n) is 2.28. The fraction of sp³-hybridized carbons (Fsp3) is 0.364. The van der Waals surface area contributed by atoms with Gasteiger partial charge in [0.1, 0.15) is 0 Å². The Hall–Kier alpha value is -1.51. The van der Waals surface area contributed by atoms with Gasteiger partial charge in [-0.3, -0.25) is 0 Å². The number of benzene rings is 1. The number of nitrogens with zero attached hydrogens (tertiary/aromatic N) is 3. The van der Waals surface area contributed by atoms with Crippen LogP contribution in [0.1, 0.15) is 30.9 Å². The molecule has 1 aromatic carbocycles. The van der Waals surface area contributed by atoms with Gasteiger partial charge in [-0.1, -0.05) is 38.1 Å². The number of hydrogen-bond acceptors (Lipinski definition) is 3. The second-order valence-corrected chi connectivity index (χ2v) is 3.64. The minimum atomic E-state index is 0.473. The van der Waals surface area contributed by atoms with Crippen LogP contribution in [0.15, 0.2) is 39.5 Å². The number of rotatable bonds is 2. The fourth-order valence-electron chi connectivity index (χ4n) is 1.39. The predicted octanol–water partition coefficient (Wildman–Crippen LogP) is 2.98. The predicted molar refractivity (Wildman–Crippen MR) is 56.8 cm³/mol. The second kappa shape index (κ2) is 3.70. The van der Waals surface area contributed by atoms with Crippen molar-refractivity contribution in [1.82, 2.24) is 0 Å². The minimum absolute atomic E-state index is 0.473. The van der Waals surface area contributed by atoms with E-state index >= 15 is 0 Å². The third kappa shape index (κ3) is 1.71. The Labute approximate surface area is 83.6 Å². The molecule has 3 nitrogen and oxygen atoms in total. The van der Waals surface area contributed by atoms with Crippen LogP contribution in [0.2, 0.25) is 0 Å².